The molecule has 0 heterocycles. The number of nitriles is 1. The van der Waals surface area contributed by atoms with Gasteiger partial charge in [0.05, 0.1) is 6.07 Å². The molecule has 1 unspecified atom stereocenters. The molecule has 0 fully saturated rings. The highest BCUT2D eigenvalue weighted by Crippen LogP contribution is 2.11. The van der Waals surface area contributed by atoms with Crippen LogP contribution in [0.3, 0.4) is 0 Å². The van der Waals surface area contributed by atoms with Gasteiger partial charge in [0.2, 0.25) is 0 Å². The Kier molecular flexibility index (Phi) is 5.86. The average Bonchev–Trinajstić information content (AvgIpc) is 1.98. The lowest BCUT2D eigenvalue weighted by atomic mass is 10.0. The molecule has 1 nitrogen and oxygen atoms in total. The maximum Gasteiger partial charge on any atom is 0.0908 e. The van der Waals surface area contributed by atoms with Crippen molar-refractivity contribution < 1.29 is 0 Å². The van der Waals surface area contributed by atoms with Gasteiger partial charge in [-0.3, -0.25) is 0 Å². The van der Waals surface area contributed by atoms with E-state index in [9.17, 15) is 0 Å². The molecule has 0 saturated carbocycles. The van der Waals surface area contributed by atoms with Gasteiger partial charge in [0.15, 0.2) is 0 Å². The van der Waals surface area contributed by atoms with E-state index in [-0.39, 0.29) is 0 Å². The van der Waals surface area contributed by atoms with Gasteiger partial charge in [0.25, 0.3) is 0 Å². The third kappa shape index (κ3) is 4.14. The minimum atomic E-state index is 0.615. The minimum Gasteiger partial charge on any atom is -0.193 e. The molecule has 0 amide bonds. The van der Waals surface area contributed by atoms with E-state index in [0.717, 1.165) is 6.42 Å². The van der Waals surface area contributed by atoms with Crippen molar-refractivity contribution in [3.8, 4) is 6.07 Å². The predicted octanol–water partition coefficient (Wildman–Crippen LogP) is 2.89. The molecule has 0 N–H and O–H groups in total. The molecule has 0 aliphatic carbocycles. The Bertz CT molecular complexity index is 130. The molecule has 10 heavy (non-hydrogen) atoms. The fourth-order valence-electron chi connectivity index (χ4n) is 0.986. The average molecular weight is 137 g/mol. The first-order valence-electron chi connectivity index (χ1n) is 3.91. The van der Waals surface area contributed by atoms with Gasteiger partial charge in [-0.05, 0) is 18.8 Å². The van der Waals surface area contributed by atoms with Crippen molar-refractivity contribution in [1.82, 2.24) is 0 Å². The zero-order chi connectivity index (χ0) is 7.82. The van der Waals surface area contributed by atoms with E-state index >= 15 is 0 Å². The zero-order valence-electron chi connectivity index (χ0n) is 6.80. The van der Waals surface area contributed by atoms with Crippen molar-refractivity contribution in [1.29, 1.82) is 5.26 Å². The number of rotatable bonds is 4. The summed E-state index contributed by atoms with van der Waals surface area (Å²) < 4.78 is 0. The molecule has 0 aromatic heterocycles. The first-order chi connectivity index (χ1) is 4.85. The molecular weight excluding hydrogens is 122 g/mol. The first-order valence-corrected chi connectivity index (χ1v) is 3.91. The van der Waals surface area contributed by atoms with E-state index in [2.05, 4.69) is 13.8 Å². The largest absolute Gasteiger partial charge is 0.193 e. The van der Waals surface area contributed by atoms with Crippen molar-refractivity contribution in [2.75, 3.05) is 0 Å². The van der Waals surface area contributed by atoms with E-state index in [1.807, 2.05) is 12.1 Å². The van der Waals surface area contributed by atoms with Gasteiger partial charge in [-0.15, -0.1) is 0 Å². The van der Waals surface area contributed by atoms with E-state index in [1.165, 1.54) is 12.8 Å². The Balaban J connectivity index is 3.61. The van der Waals surface area contributed by atoms with E-state index in [4.69, 9.17) is 5.26 Å². The van der Waals surface area contributed by atoms with Gasteiger partial charge >= 0.3 is 0 Å². The molecule has 0 rings (SSSR count). The summed E-state index contributed by atoms with van der Waals surface area (Å²) in [4.78, 5) is 0. The Morgan fingerprint density at radius 1 is 1.50 bits per heavy atom. The fraction of sp³-hybridized carbons (Fsp3) is 0.667. The van der Waals surface area contributed by atoms with Gasteiger partial charge < -0.3 is 0 Å². The van der Waals surface area contributed by atoms with Crippen LogP contribution in [0.15, 0.2) is 12.2 Å². The smallest absolute Gasteiger partial charge is 0.0908 e. The van der Waals surface area contributed by atoms with Crippen molar-refractivity contribution in [3.05, 3.63) is 12.2 Å². The molecule has 0 aromatic rings. The molecule has 0 spiro atoms. The van der Waals surface area contributed by atoms with Crippen LogP contribution >= 0.6 is 0 Å². The third-order valence-corrected chi connectivity index (χ3v) is 1.63. The van der Waals surface area contributed by atoms with Crippen LogP contribution in [0.25, 0.3) is 0 Å². The molecule has 56 valence electrons. The van der Waals surface area contributed by atoms with Crippen molar-refractivity contribution in [3.63, 3.8) is 0 Å². The van der Waals surface area contributed by atoms with Crippen LogP contribution in [-0.4, -0.2) is 0 Å². The highest BCUT2D eigenvalue weighted by Gasteiger charge is 1.97. The van der Waals surface area contributed by atoms with E-state index in [1.54, 1.807) is 6.08 Å². The van der Waals surface area contributed by atoms with Crippen LogP contribution in [0, 0.1) is 17.2 Å². The molecule has 0 bridgehead atoms. The maximum absolute atomic E-state index is 8.24. The summed E-state index contributed by atoms with van der Waals surface area (Å²) in [6.07, 6.45) is 7.14. The molecular formula is C9H15N. The first kappa shape index (κ1) is 9.23. The molecule has 0 radical (unpaired) electrons. The Morgan fingerprint density at radius 2 is 2.20 bits per heavy atom. The van der Waals surface area contributed by atoms with Crippen molar-refractivity contribution >= 4 is 0 Å². The summed E-state index contributed by atoms with van der Waals surface area (Å²) >= 11 is 0. The van der Waals surface area contributed by atoms with Crippen LogP contribution in [-0.2, 0) is 0 Å². The summed E-state index contributed by atoms with van der Waals surface area (Å²) in [5.74, 6) is 0.615. The van der Waals surface area contributed by atoms with Gasteiger partial charge in [-0.1, -0.05) is 26.3 Å². The van der Waals surface area contributed by atoms with Crippen LogP contribution in [0.5, 0.6) is 0 Å². The molecule has 0 saturated heterocycles. The second-order valence-electron chi connectivity index (χ2n) is 2.45. The predicted molar refractivity (Wildman–Crippen MR) is 43.4 cm³/mol. The molecule has 0 aliphatic rings. The van der Waals surface area contributed by atoms with Crippen LogP contribution in [0.4, 0.5) is 0 Å². The Hall–Kier alpha value is -0.770. The topological polar surface area (TPSA) is 23.8 Å². The van der Waals surface area contributed by atoms with Gasteiger partial charge in [-0.2, -0.15) is 5.26 Å². The SMILES string of the molecule is CCCC(/C=C/C#N)CC. The van der Waals surface area contributed by atoms with E-state index < -0.39 is 0 Å². The van der Waals surface area contributed by atoms with Crippen molar-refractivity contribution in [2.45, 2.75) is 33.1 Å². The van der Waals surface area contributed by atoms with Crippen LogP contribution < -0.4 is 0 Å². The van der Waals surface area contributed by atoms with E-state index in [0.29, 0.717) is 5.92 Å². The lowest BCUT2D eigenvalue weighted by Crippen LogP contribution is -1.91. The molecule has 1 heteroatoms. The molecule has 0 aliphatic heterocycles. The fourth-order valence-corrected chi connectivity index (χ4v) is 0.986. The normalized spacial score (nSPS) is 13.3. The summed E-state index contributed by atoms with van der Waals surface area (Å²) in [6, 6.07) is 2.01. The Labute approximate surface area is 63.4 Å². The Morgan fingerprint density at radius 3 is 2.60 bits per heavy atom. The maximum atomic E-state index is 8.24. The quantitative estimate of drug-likeness (QED) is 0.546. The summed E-state index contributed by atoms with van der Waals surface area (Å²) in [5, 5.41) is 8.24. The monoisotopic (exact) mass is 137 g/mol. The second kappa shape index (κ2) is 6.35. The number of nitrogens with zero attached hydrogens (tertiary/aromatic N) is 1. The van der Waals surface area contributed by atoms with Crippen molar-refractivity contribution in [2.24, 2.45) is 5.92 Å². The highest BCUT2D eigenvalue weighted by molar-refractivity contribution is 5.03. The van der Waals surface area contributed by atoms with Gasteiger partial charge in [0, 0.05) is 6.08 Å². The standard InChI is InChI=1S/C9H15N/c1-3-6-9(4-2)7-5-8-10/h5,7,9H,3-4,6H2,1-2H3/b7-5+. The third-order valence-electron chi connectivity index (χ3n) is 1.63. The zero-order valence-corrected chi connectivity index (χ0v) is 6.80. The summed E-state index contributed by atoms with van der Waals surface area (Å²) in [6.45, 7) is 4.32. The summed E-state index contributed by atoms with van der Waals surface area (Å²) in [5.41, 5.74) is 0. The van der Waals surface area contributed by atoms with Crippen LogP contribution in [0.2, 0.25) is 0 Å². The molecule has 1 atom stereocenters. The second-order valence-corrected chi connectivity index (χ2v) is 2.45. The molecule has 0 aromatic carbocycles. The van der Waals surface area contributed by atoms with Gasteiger partial charge in [0.1, 0.15) is 0 Å². The minimum absolute atomic E-state index is 0.615. The van der Waals surface area contributed by atoms with Gasteiger partial charge in [-0.25, -0.2) is 0 Å². The number of hydrogen-bond acceptors (Lipinski definition) is 1. The lowest BCUT2D eigenvalue weighted by Gasteiger charge is -2.05. The lowest BCUT2D eigenvalue weighted by molar-refractivity contribution is 0.563. The number of hydrogen-bond donors (Lipinski definition) is 0. The number of allylic oxidation sites excluding steroid dienone is 2. The highest BCUT2D eigenvalue weighted by atomic mass is 14.2. The summed E-state index contributed by atoms with van der Waals surface area (Å²) in [7, 11) is 0. The van der Waals surface area contributed by atoms with Crippen LogP contribution in [0.1, 0.15) is 33.1 Å².